The van der Waals surface area contributed by atoms with Gasteiger partial charge in [-0.2, -0.15) is 10.2 Å². The maximum Gasteiger partial charge on any atom is 0.320 e. The lowest BCUT2D eigenvalue weighted by Crippen LogP contribution is -2.40. The number of urea groups is 1. The summed E-state index contributed by atoms with van der Waals surface area (Å²) in [7, 11) is 3.43. The van der Waals surface area contributed by atoms with Crippen molar-refractivity contribution in [3.05, 3.63) is 89.8 Å². The van der Waals surface area contributed by atoms with Crippen LogP contribution < -0.4 is 10.6 Å². The lowest BCUT2D eigenvalue weighted by Gasteiger charge is -2.21. The highest BCUT2D eigenvalue weighted by Crippen LogP contribution is 2.36. The lowest BCUT2D eigenvalue weighted by molar-refractivity contribution is 0.0210. The number of hydrogen-bond acceptors (Lipinski definition) is 6. The van der Waals surface area contributed by atoms with Crippen molar-refractivity contribution in [2.75, 3.05) is 19.0 Å². The van der Waals surface area contributed by atoms with E-state index in [0.29, 0.717) is 36.5 Å². The van der Waals surface area contributed by atoms with E-state index in [0.717, 1.165) is 40.0 Å². The summed E-state index contributed by atoms with van der Waals surface area (Å²) in [6.07, 6.45) is 3.64. The Morgan fingerprint density at radius 1 is 1.12 bits per heavy atom. The molecule has 0 unspecified atom stereocenters. The molecule has 5 aromatic rings. The zero-order valence-electron chi connectivity index (χ0n) is 23.9. The largest absolute Gasteiger partial charge is 0.385 e. The Hall–Kier alpha value is -4.68. The molecule has 3 aromatic heterocycles. The number of carbonyl (C=O) groups excluding carboxylic acids is 1. The van der Waals surface area contributed by atoms with Gasteiger partial charge in [-0.25, -0.2) is 23.2 Å². The first kappa shape index (κ1) is 28.4. The summed E-state index contributed by atoms with van der Waals surface area (Å²) in [6.45, 7) is 2.35. The number of aromatic nitrogens is 5. The van der Waals surface area contributed by atoms with E-state index in [-0.39, 0.29) is 6.10 Å². The Labute approximate surface area is 246 Å². The third kappa shape index (κ3) is 5.71. The minimum absolute atomic E-state index is 0.235. The third-order valence-electron chi connectivity index (χ3n) is 7.65. The molecule has 3 atom stereocenters. The number of ether oxygens (including phenoxy) is 2. The molecule has 1 saturated heterocycles. The Kier molecular flexibility index (Phi) is 7.87. The van der Waals surface area contributed by atoms with E-state index in [1.165, 1.54) is 6.07 Å². The quantitative estimate of drug-likeness (QED) is 0.250. The molecular weight excluding hydrogens is 556 g/mol. The average Bonchev–Trinajstić information content (AvgIpc) is 3.69. The number of pyridine rings is 1. The molecule has 0 saturated carbocycles. The van der Waals surface area contributed by atoms with Crippen molar-refractivity contribution < 1.29 is 23.0 Å². The molecule has 12 heteroatoms. The Bertz CT molecular complexity index is 1770. The highest BCUT2D eigenvalue weighted by Gasteiger charge is 2.37. The van der Waals surface area contributed by atoms with Gasteiger partial charge in [0.25, 0.3) is 0 Å². The van der Waals surface area contributed by atoms with Crippen LogP contribution in [-0.2, 0) is 16.5 Å². The normalized spacial score (nSPS) is 18.3. The number of fused-ring (bicyclic) bond motifs is 1. The van der Waals surface area contributed by atoms with Crippen LogP contribution in [0.2, 0.25) is 0 Å². The van der Waals surface area contributed by atoms with Gasteiger partial charge in [0.15, 0.2) is 17.3 Å². The summed E-state index contributed by atoms with van der Waals surface area (Å²) in [5, 5.41) is 16.0. The van der Waals surface area contributed by atoms with E-state index in [9.17, 15) is 13.6 Å². The molecule has 0 bridgehead atoms. The lowest BCUT2D eigenvalue weighted by atomic mass is 10.0. The van der Waals surface area contributed by atoms with Gasteiger partial charge in [-0.3, -0.25) is 10.00 Å². The number of amides is 2. The van der Waals surface area contributed by atoms with Crippen LogP contribution in [0, 0.1) is 18.6 Å². The van der Waals surface area contributed by atoms with Crippen molar-refractivity contribution >= 4 is 22.9 Å². The number of methoxy groups -OCH3 is 1. The van der Waals surface area contributed by atoms with Crippen molar-refractivity contribution in [3.63, 3.8) is 0 Å². The fraction of sp³-hybridized carbons (Fsp3) is 0.290. The van der Waals surface area contributed by atoms with Crippen molar-refractivity contribution in [2.45, 2.75) is 38.0 Å². The van der Waals surface area contributed by atoms with Crippen LogP contribution >= 0.6 is 0 Å². The molecular formula is C31H31F2N7O3. The molecule has 0 radical (unpaired) electrons. The van der Waals surface area contributed by atoms with Crippen LogP contribution in [0.4, 0.5) is 19.4 Å². The van der Waals surface area contributed by atoms with Gasteiger partial charge in [-0.1, -0.05) is 24.3 Å². The smallest absolute Gasteiger partial charge is 0.320 e. The molecule has 2 amide bonds. The molecule has 1 fully saturated rings. The van der Waals surface area contributed by atoms with Crippen LogP contribution in [0.5, 0.6) is 0 Å². The van der Waals surface area contributed by atoms with Gasteiger partial charge in [0.05, 0.1) is 29.7 Å². The molecule has 4 heterocycles. The van der Waals surface area contributed by atoms with Gasteiger partial charge in [-0.15, -0.1) is 0 Å². The van der Waals surface area contributed by atoms with E-state index >= 15 is 0 Å². The summed E-state index contributed by atoms with van der Waals surface area (Å²) in [5.74, 6) is -1.44. The summed E-state index contributed by atoms with van der Waals surface area (Å²) < 4.78 is 42.5. The molecule has 0 aliphatic carbocycles. The van der Waals surface area contributed by atoms with Gasteiger partial charge in [0.2, 0.25) is 0 Å². The van der Waals surface area contributed by atoms with Crippen LogP contribution in [0.25, 0.3) is 28.0 Å². The van der Waals surface area contributed by atoms with E-state index in [1.54, 1.807) is 28.9 Å². The van der Waals surface area contributed by atoms with Crippen LogP contribution in [-0.4, -0.2) is 56.4 Å². The monoisotopic (exact) mass is 587 g/mol. The van der Waals surface area contributed by atoms with E-state index < -0.39 is 29.8 Å². The minimum atomic E-state index is -0.974. The highest BCUT2D eigenvalue weighted by molar-refractivity contribution is 5.91. The van der Waals surface area contributed by atoms with Gasteiger partial charge < -0.3 is 14.8 Å². The average molecular weight is 588 g/mol. The summed E-state index contributed by atoms with van der Waals surface area (Å²) >= 11 is 0. The van der Waals surface area contributed by atoms with E-state index in [4.69, 9.17) is 14.6 Å². The Morgan fingerprint density at radius 2 is 1.93 bits per heavy atom. The third-order valence-corrected chi connectivity index (χ3v) is 7.65. The fourth-order valence-electron chi connectivity index (χ4n) is 5.49. The van der Waals surface area contributed by atoms with Gasteiger partial charge >= 0.3 is 6.03 Å². The molecule has 1 aliphatic heterocycles. The van der Waals surface area contributed by atoms with Gasteiger partial charge in [-0.05, 0) is 55.7 Å². The molecule has 2 aromatic carbocycles. The van der Waals surface area contributed by atoms with Crippen molar-refractivity contribution in [1.82, 2.24) is 29.9 Å². The van der Waals surface area contributed by atoms with Crippen LogP contribution in [0.15, 0.2) is 67.0 Å². The first-order chi connectivity index (χ1) is 20.8. The summed E-state index contributed by atoms with van der Waals surface area (Å²) in [5.41, 5.74) is 4.11. The first-order valence-corrected chi connectivity index (χ1v) is 13.9. The zero-order chi connectivity index (χ0) is 30.1. The maximum atomic E-state index is 14.1. The van der Waals surface area contributed by atoms with E-state index in [2.05, 4.69) is 20.7 Å². The number of hydrogen-bond donors (Lipinski definition) is 2. The maximum absolute atomic E-state index is 14.1. The number of benzene rings is 2. The first-order valence-electron chi connectivity index (χ1n) is 13.9. The number of anilines is 1. The Balaban J connectivity index is 1.30. The van der Waals surface area contributed by atoms with Crippen molar-refractivity contribution in [3.8, 4) is 16.9 Å². The molecule has 6 rings (SSSR count). The zero-order valence-corrected chi connectivity index (χ0v) is 23.9. The predicted molar refractivity (Wildman–Crippen MR) is 157 cm³/mol. The summed E-state index contributed by atoms with van der Waals surface area (Å²) in [4.78, 5) is 18.1. The fourth-order valence-corrected chi connectivity index (χ4v) is 5.49. The SMILES string of the molecule is COCC[C@@H]1C[C@@H](NC(=O)Nc2c(C)c(-c3cnc4c(cnn4C)c3)nn2-c2ccccc2)[C@H](c2ccc(F)c(F)c2)O1. The highest BCUT2D eigenvalue weighted by atomic mass is 19.2. The number of rotatable bonds is 8. The minimum Gasteiger partial charge on any atom is -0.385 e. The molecule has 222 valence electrons. The Morgan fingerprint density at radius 3 is 2.70 bits per heavy atom. The van der Waals surface area contributed by atoms with Crippen molar-refractivity contribution in [1.29, 1.82) is 0 Å². The number of aryl methyl sites for hydroxylation is 1. The van der Waals surface area contributed by atoms with Crippen molar-refractivity contribution in [2.24, 2.45) is 7.05 Å². The van der Waals surface area contributed by atoms with Gasteiger partial charge in [0.1, 0.15) is 11.9 Å². The second-order valence-electron chi connectivity index (χ2n) is 10.5. The standard InChI is InChI=1S/C31H31F2N7O3/c1-18-27(20-13-21-17-35-39(2)30(21)34-16-20)38-40(22-7-5-4-6-8-22)29(18)37-31(41)36-26-15-23(11-12-42-3)43-28(26)19-9-10-24(32)25(33)14-19/h4-10,13-14,16-17,23,26,28H,11-12,15H2,1-3H3,(H2,36,37,41)/t23-,26-,28+/m1/s1. The molecule has 2 N–H and O–H groups in total. The number of carbonyl (C=O) groups is 1. The molecule has 0 spiro atoms. The van der Waals surface area contributed by atoms with Crippen LogP contribution in [0.1, 0.15) is 30.1 Å². The topological polar surface area (TPSA) is 108 Å². The van der Waals surface area contributed by atoms with Crippen LogP contribution in [0.3, 0.4) is 0 Å². The predicted octanol–water partition coefficient (Wildman–Crippen LogP) is 5.46. The second-order valence-corrected chi connectivity index (χ2v) is 10.5. The number of nitrogens with one attached hydrogen (secondary N) is 2. The molecule has 10 nitrogen and oxygen atoms in total. The number of para-hydroxylation sites is 1. The molecule has 43 heavy (non-hydrogen) atoms. The number of nitrogens with zero attached hydrogens (tertiary/aromatic N) is 5. The number of halogens is 2. The second kappa shape index (κ2) is 11.9. The van der Waals surface area contributed by atoms with Gasteiger partial charge in [0, 0.05) is 43.5 Å². The van der Waals surface area contributed by atoms with E-state index in [1.807, 2.05) is 50.4 Å². The summed E-state index contributed by atoms with van der Waals surface area (Å²) in [6, 6.07) is 14.1. The molecule has 1 aliphatic rings.